The van der Waals surface area contributed by atoms with E-state index in [1.165, 1.54) is 6.07 Å². The maximum Gasteiger partial charge on any atom is 0.241 e. The van der Waals surface area contributed by atoms with Crippen molar-refractivity contribution in [2.24, 2.45) is 0 Å². The number of hydrogen-bond donors (Lipinski definition) is 2. The van der Waals surface area contributed by atoms with Gasteiger partial charge in [-0.2, -0.15) is 5.10 Å². The first-order valence-electron chi connectivity index (χ1n) is 5.68. The molecule has 1 heterocycles. The minimum Gasteiger partial charge on any atom is -0.285 e. The molecule has 1 aromatic carbocycles. The van der Waals surface area contributed by atoms with Gasteiger partial charge in [-0.05, 0) is 31.5 Å². The van der Waals surface area contributed by atoms with Crippen LogP contribution in [-0.4, -0.2) is 18.6 Å². The van der Waals surface area contributed by atoms with E-state index < -0.39 is 10.0 Å². The maximum atomic E-state index is 12.3. The highest BCUT2D eigenvalue weighted by Crippen LogP contribution is 2.24. The maximum absolute atomic E-state index is 12.3. The molecule has 2 aromatic rings. The summed E-state index contributed by atoms with van der Waals surface area (Å²) < 4.78 is 27.2. The summed E-state index contributed by atoms with van der Waals surface area (Å²) in [6, 6.07) is 4.44. The zero-order valence-electron chi connectivity index (χ0n) is 10.5. The first kappa shape index (κ1) is 14.0. The molecule has 1 aromatic heterocycles. The minimum atomic E-state index is -3.61. The number of hydrogen-bond acceptors (Lipinski definition) is 3. The minimum absolute atomic E-state index is 0.190. The first-order valence-corrected chi connectivity index (χ1v) is 7.54. The van der Waals surface area contributed by atoms with Crippen LogP contribution in [0, 0.1) is 6.92 Å². The smallest absolute Gasteiger partial charge is 0.241 e. The molecule has 0 aliphatic carbocycles. The van der Waals surface area contributed by atoms with Gasteiger partial charge >= 0.3 is 0 Å². The van der Waals surface area contributed by atoms with Gasteiger partial charge in [0.2, 0.25) is 10.0 Å². The molecule has 1 unspecified atom stereocenters. The third-order valence-electron chi connectivity index (χ3n) is 2.86. The predicted molar refractivity (Wildman–Crippen MR) is 73.5 cm³/mol. The molecule has 0 spiro atoms. The number of nitrogens with one attached hydrogen (secondary N) is 2. The van der Waals surface area contributed by atoms with Gasteiger partial charge in [0.1, 0.15) is 0 Å². The second-order valence-corrected chi connectivity index (χ2v) is 6.33. The van der Waals surface area contributed by atoms with Crippen molar-refractivity contribution in [3.8, 4) is 0 Å². The van der Waals surface area contributed by atoms with Gasteiger partial charge in [-0.3, -0.25) is 5.10 Å². The molecule has 1 atom stereocenters. The highest BCUT2D eigenvalue weighted by molar-refractivity contribution is 7.89. The van der Waals surface area contributed by atoms with Crippen LogP contribution in [0.2, 0.25) is 5.02 Å². The predicted octanol–water partition coefficient (Wildman–Crippen LogP) is 2.41. The largest absolute Gasteiger partial charge is 0.285 e. The first-order chi connectivity index (χ1) is 8.92. The average molecular weight is 300 g/mol. The Morgan fingerprint density at radius 3 is 2.79 bits per heavy atom. The lowest BCUT2D eigenvalue weighted by atomic mass is 10.2. The average Bonchev–Trinajstić information content (AvgIpc) is 2.85. The molecule has 2 rings (SSSR count). The number of benzene rings is 1. The van der Waals surface area contributed by atoms with Crippen molar-refractivity contribution < 1.29 is 8.42 Å². The van der Waals surface area contributed by atoms with E-state index >= 15 is 0 Å². The lowest BCUT2D eigenvalue weighted by Crippen LogP contribution is -2.27. The highest BCUT2D eigenvalue weighted by atomic mass is 35.5. The van der Waals surface area contributed by atoms with Crippen molar-refractivity contribution in [1.29, 1.82) is 0 Å². The van der Waals surface area contributed by atoms with Crippen molar-refractivity contribution in [2.45, 2.75) is 24.8 Å². The Bertz CT molecular complexity index is 668. The topological polar surface area (TPSA) is 74.8 Å². The van der Waals surface area contributed by atoms with Gasteiger partial charge in [0.15, 0.2) is 0 Å². The highest BCUT2D eigenvalue weighted by Gasteiger charge is 2.21. The van der Waals surface area contributed by atoms with Crippen LogP contribution < -0.4 is 4.72 Å². The summed E-state index contributed by atoms with van der Waals surface area (Å²) in [5, 5.41) is 6.88. The zero-order chi connectivity index (χ0) is 14.0. The van der Waals surface area contributed by atoms with E-state index in [-0.39, 0.29) is 10.9 Å². The lowest BCUT2D eigenvalue weighted by Gasteiger charge is -2.14. The number of halogens is 1. The van der Waals surface area contributed by atoms with Crippen molar-refractivity contribution in [2.75, 3.05) is 0 Å². The molecule has 0 saturated heterocycles. The summed E-state index contributed by atoms with van der Waals surface area (Å²) in [4.78, 5) is 0.190. The van der Waals surface area contributed by atoms with Crippen molar-refractivity contribution in [1.82, 2.24) is 14.9 Å². The lowest BCUT2D eigenvalue weighted by molar-refractivity contribution is 0.566. The molecule has 5 nitrogen and oxygen atoms in total. The second kappa shape index (κ2) is 5.32. The Hall–Kier alpha value is -1.37. The van der Waals surface area contributed by atoms with Gasteiger partial charge < -0.3 is 0 Å². The van der Waals surface area contributed by atoms with Crippen molar-refractivity contribution >= 4 is 21.6 Å². The summed E-state index contributed by atoms with van der Waals surface area (Å²) in [5.41, 5.74) is 1.30. The standard InChI is InChI=1S/C12H14ClN3O2S/c1-8-11(13)4-3-5-12(8)19(17,18)16-9(2)10-6-14-15-7-10/h3-7,9,16H,1-2H3,(H,14,15). The van der Waals surface area contributed by atoms with Crippen molar-refractivity contribution in [3.05, 3.63) is 46.7 Å². The Kier molecular flexibility index (Phi) is 3.93. The molecule has 19 heavy (non-hydrogen) atoms. The Labute approximate surface area is 117 Å². The molecular weight excluding hydrogens is 286 g/mol. The monoisotopic (exact) mass is 299 g/mol. The van der Waals surface area contributed by atoms with E-state index in [4.69, 9.17) is 11.6 Å². The molecule has 0 saturated carbocycles. The molecule has 0 aliphatic rings. The Morgan fingerprint density at radius 2 is 2.16 bits per heavy atom. The van der Waals surface area contributed by atoms with Gasteiger partial charge in [-0.1, -0.05) is 17.7 Å². The summed E-state index contributed by atoms with van der Waals surface area (Å²) >= 11 is 5.95. The van der Waals surface area contributed by atoms with E-state index in [0.717, 1.165) is 5.56 Å². The van der Waals surface area contributed by atoms with Crippen LogP contribution >= 0.6 is 11.6 Å². The van der Waals surface area contributed by atoms with Gasteiger partial charge in [0, 0.05) is 22.8 Å². The third-order valence-corrected chi connectivity index (χ3v) is 4.95. The fourth-order valence-electron chi connectivity index (χ4n) is 1.74. The summed E-state index contributed by atoms with van der Waals surface area (Å²) in [6.45, 7) is 3.43. The van der Waals surface area contributed by atoms with Crippen LogP contribution in [0.4, 0.5) is 0 Å². The van der Waals surface area contributed by atoms with E-state index in [1.807, 2.05) is 0 Å². The molecule has 102 valence electrons. The molecule has 0 amide bonds. The molecule has 0 fully saturated rings. The van der Waals surface area contributed by atoms with Crippen LogP contribution in [0.25, 0.3) is 0 Å². The number of sulfonamides is 1. The summed E-state index contributed by atoms with van der Waals surface area (Å²) in [7, 11) is -3.61. The number of H-pyrrole nitrogens is 1. The van der Waals surface area contributed by atoms with Crippen LogP contribution in [0.15, 0.2) is 35.5 Å². The number of aromatic amines is 1. The van der Waals surface area contributed by atoms with Crippen molar-refractivity contribution in [3.63, 3.8) is 0 Å². The quantitative estimate of drug-likeness (QED) is 0.910. The summed E-state index contributed by atoms with van der Waals surface area (Å²) in [6.07, 6.45) is 3.23. The third kappa shape index (κ3) is 2.97. The number of aromatic nitrogens is 2. The fraction of sp³-hybridized carbons (Fsp3) is 0.250. The Morgan fingerprint density at radius 1 is 1.42 bits per heavy atom. The van der Waals surface area contributed by atoms with Gasteiger partial charge in [0.25, 0.3) is 0 Å². The summed E-state index contributed by atoms with van der Waals surface area (Å²) in [5.74, 6) is 0. The van der Waals surface area contributed by atoms with Crippen LogP contribution in [0.1, 0.15) is 24.1 Å². The fourth-order valence-corrected chi connectivity index (χ4v) is 3.47. The van der Waals surface area contributed by atoms with E-state index in [0.29, 0.717) is 10.6 Å². The van der Waals surface area contributed by atoms with Gasteiger partial charge in [-0.15, -0.1) is 0 Å². The molecule has 0 bridgehead atoms. The Balaban J connectivity index is 2.31. The number of nitrogens with zero attached hydrogens (tertiary/aromatic N) is 1. The van der Waals surface area contributed by atoms with Crippen LogP contribution in [-0.2, 0) is 10.0 Å². The zero-order valence-corrected chi connectivity index (χ0v) is 12.1. The molecule has 0 aliphatic heterocycles. The molecule has 7 heteroatoms. The normalized spacial score (nSPS) is 13.4. The van der Waals surface area contributed by atoms with Crippen LogP contribution in [0.3, 0.4) is 0 Å². The number of rotatable bonds is 4. The van der Waals surface area contributed by atoms with Gasteiger partial charge in [-0.25, -0.2) is 13.1 Å². The van der Waals surface area contributed by atoms with E-state index in [2.05, 4.69) is 14.9 Å². The van der Waals surface area contributed by atoms with Crippen LogP contribution in [0.5, 0.6) is 0 Å². The molecule has 0 radical (unpaired) electrons. The van der Waals surface area contributed by atoms with Gasteiger partial charge in [0.05, 0.1) is 11.1 Å². The SMILES string of the molecule is Cc1c(Cl)cccc1S(=O)(=O)NC(C)c1cn[nH]c1. The molecule has 2 N–H and O–H groups in total. The van der Waals surface area contributed by atoms with E-state index in [1.54, 1.807) is 38.4 Å². The van der Waals surface area contributed by atoms with E-state index in [9.17, 15) is 8.42 Å². The molecular formula is C12H14ClN3O2S. The second-order valence-electron chi connectivity index (χ2n) is 4.24.